The van der Waals surface area contributed by atoms with Gasteiger partial charge in [-0.1, -0.05) is 32.0 Å². The van der Waals surface area contributed by atoms with Crippen molar-refractivity contribution in [3.8, 4) is 0 Å². The fourth-order valence-corrected chi connectivity index (χ4v) is 3.15. The molecule has 2 rings (SSSR count). The Labute approximate surface area is 176 Å². The Kier molecular flexibility index (Phi) is 7.92. The number of hydrogen-bond acceptors (Lipinski definition) is 3. The summed E-state index contributed by atoms with van der Waals surface area (Å²) < 4.78 is 15.4. The molecule has 0 saturated heterocycles. The summed E-state index contributed by atoms with van der Waals surface area (Å²) in [7, 11) is 1.64. The Morgan fingerprint density at radius 2 is 1.73 bits per heavy atom. The second kappa shape index (κ2) is 10.2. The Bertz CT molecular complexity index is 966. The molecule has 0 spiro atoms. The summed E-state index contributed by atoms with van der Waals surface area (Å²) in [6.45, 7) is 8.43. The van der Waals surface area contributed by atoms with Gasteiger partial charge in [-0.15, -0.1) is 0 Å². The number of pyridine rings is 1. The minimum Gasteiger partial charge on any atom is -0.352 e. The van der Waals surface area contributed by atoms with Crippen molar-refractivity contribution in [2.24, 2.45) is 5.92 Å². The van der Waals surface area contributed by atoms with Crippen molar-refractivity contribution in [1.82, 2.24) is 14.8 Å². The summed E-state index contributed by atoms with van der Waals surface area (Å²) in [5.74, 6) is -1.08. The lowest BCUT2D eigenvalue weighted by atomic mass is 10.1. The number of benzene rings is 1. The van der Waals surface area contributed by atoms with Gasteiger partial charge in [0.15, 0.2) is 0 Å². The van der Waals surface area contributed by atoms with Crippen LogP contribution in [0, 0.1) is 11.7 Å². The molecule has 30 heavy (non-hydrogen) atoms. The van der Waals surface area contributed by atoms with E-state index in [9.17, 15) is 18.8 Å². The summed E-state index contributed by atoms with van der Waals surface area (Å²) in [4.78, 5) is 39.9. The molecule has 0 aliphatic rings. The lowest BCUT2D eigenvalue weighted by molar-refractivity contribution is 0.0777. The van der Waals surface area contributed by atoms with Crippen molar-refractivity contribution in [1.29, 1.82) is 0 Å². The number of nitrogens with zero attached hydrogens (tertiary/aromatic N) is 2. The molecular formula is C23H30FN3O3. The smallest absolute Gasteiger partial charge is 0.259 e. The molecule has 0 fully saturated rings. The summed E-state index contributed by atoms with van der Waals surface area (Å²) >= 11 is 0. The molecule has 2 aromatic rings. The molecule has 1 heterocycles. The monoisotopic (exact) mass is 415 g/mol. The molecule has 0 saturated carbocycles. The third-order valence-corrected chi connectivity index (χ3v) is 4.74. The van der Waals surface area contributed by atoms with Crippen molar-refractivity contribution in [2.75, 3.05) is 20.1 Å². The Morgan fingerprint density at radius 1 is 1.10 bits per heavy atom. The molecule has 0 bridgehead atoms. The highest BCUT2D eigenvalue weighted by Crippen LogP contribution is 2.10. The number of amides is 2. The van der Waals surface area contributed by atoms with Gasteiger partial charge in [0.05, 0.1) is 0 Å². The largest absolute Gasteiger partial charge is 0.352 e. The van der Waals surface area contributed by atoms with Crippen molar-refractivity contribution >= 4 is 11.8 Å². The van der Waals surface area contributed by atoms with Crippen molar-refractivity contribution in [3.05, 3.63) is 69.4 Å². The van der Waals surface area contributed by atoms with Crippen molar-refractivity contribution in [3.63, 3.8) is 0 Å². The molecule has 1 aromatic carbocycles. The average Bonchev–Trinajstić information content (AvgIpc) is 2.68. The normalized spacial score (nSPS) is 11.1. The molecular weight excluding hydrogens is 385 g/mol. The third-order valence-electron chi connectivity index (χ3n) is 4.74. The van der Waals surface area contributed by atoms with Crippen LogP contribution in [-0.2, 0) is 6.42 Å². The predicted molar refractivity (Wildman–Crippen MR) is 115 cm³/mol. The van der Waals surface area contributed by atoms with Crippen LogP contribution in [0.5, 0.6) is 0 Å². The fraction of sp³-hybridized carbons (Fsp3) is 0.435. The zero-order chi connectivity index (χ0) is 22.4. The van der Waals surface area contributed by atoms with Crippen LogP contribution >= 0.6 is 0 Å². The van der Waals surface area contributed by atoms with E-state index in [0.717, 1.165) is 0 Å². The van der Waals surface area contributed by atoms with Gasteiger partial charge in [0.2, 0.25) is 5.43 Å². The zero-order valence-corrected chi connectivity index (χ0v) is 18.2. The lowest BCUT2D eigenvalue weighted by Crippen LogP contribution is -2.38. The van der Waals surface area contributed by atoms with Crippen LogP contribution in [0.3, 0.4) is 0 Å². The quantitative estimate of drug-likeness (QED) is 0.719. The number of rotatable bonds is 8. The zero-order valence-electron chi connectivity index (χ0n) is 18.2. The van der Waals surface area contributed by atoms with Gasteiger partial charge in [-0.3, -0.25) is 14.4 Å². The van der Waals surface area contributed by atoms with Crippen LogP contribution in [0.15, 0.2) is 41.5 Å². The molecule has 2 amide bonds. The molecule has 7 heteroatoms. The lowest BCUT2D eigenvalue weighted by Gasteiger charge is -2.21. The Morgan fingerprint density at radius 3 is 2.33 bits per heavy atom. The van der Waals surface area contributed by atoms with Crippen molar-refractivity contribution < 1.29 is 14.0 Å². The first kappa shape index (κ1) is 23.3. The van der Waals surface area contributed by atoms with E-state index in [2.05, 4.69) is 5.32 Å². The Balaban J connectivity index is 2.26. The van der Waals surface area contributed by atoms with E-state index in [1.807, 2.05) is 27.7 Å². The van der Waals surface area contributed by atoms with Crippen LogP contribution in [-0.4, -0.2) is 41.4 Å². The third kappa shape index (κ3) is 5.78. The van der Waals surface area contributed by atoms with E-state index >= 15 is 0 Å². The second-order valence-corrected chi connectivity index (χ2v) is 8.13. The highest BCUT2D eigenvalue weighted by atomic mass is 19.1. The number of nitrogens with one attached hydrogen (secondary N) is 1. The molecule has 0 aliphatic heterocycles. The topological polar surface area (TPSA) is 71.4 Å². The van der Waals surface area contributed by atoms with E-state index in [1.165, 1.54) is 23.4 Å². The first-order chi connectivity index (χ1) is 14.1. The van der Waals surface area contributed by atoms with Gasteiger partial charge in [0, 0.05) is 38.6 Å². The minimum atomic E-state index is -0.601. The van der Waals surface area contributed by atoms with Gasteiger partial charge >= 0.3 is 0 Å². The van der Waals surface area contributed by atoms with Gasteiger partial charge in [0.25, 0.3) is 11.8 Å². The standard InChI is InChI=1S/C23H30FN3O3/c1-15(2)12-26(5)23(30)19-14-27(16(3)4)13-18(21(19)28)22(29)25-11-10-17-8-6-7-9-20(17)24/h6-9,13-16H,10-12H2,1-5H3,(H,25,29). The molecule has 6 nitrogen and oxygen atoms in total. The van der Waals surface area contributed by atoms with E-state index in [4.69, 9.17) is 0 Å². The van der Waals surface area contributed by atoms with Crippen LogP contribution in [0.4, 0.5) is 4.39 Å². The first-order valence-corrected chi connectivity index (χ1v) is 10.1. The average molecular weight is 416 g/mol. The molecule has 0 atom stereocenters. The van der Waals surface area contributed by atoms with Crippen LogP contribution in [0.1, 0.15) is 60.0 Å². The van der Waals surface area contributed by atoms with Gasteiger partial charge in [-0.25, -0.2) is 4.39 Å². The fourth-order valence-electron chi connectivity index (χ4n) is 3.15. The molecule has 162 valence electrons. The van der Waals surface area contributed by atoms with Gasteiger partial charge < -0.3 is 14.8 Å². The molecule has 0 unspecified atom stereocenters. The SMILES string of the molecule is CC(C)CN(C)C(=O)c1cn(C(C)C)cc(C(=O)NCCc2ccccc2F)c1=O. The highest BCUT2D eigenvalue weighted by Gasteiger charge is 2.22. The summed E-state index contributed by atoms with van der Waals surface area (Å²) in [5, 5.41) is 2.67. The number of halogens is 1. The maximum Gasteiger partial charge on any atom is 0.259 e. The van der Waals surface area contributed by atoms with Crippen LogP contribution in [0.25, 0.3) is 0 Å². The summed E-state index contributed by atoms with van der Waals surface area (Å²) in [6.07, 6.45) is 3.26. The van der Waals surface area contributed by atoms with E-state index in [0.29, 0.717) is 18.5 Å². The molecule has 0 aliphatic carbocycles. The first-order valence-electron chi connectivity index (χ1n) is 10.1. The van der Waals surface area contributed by atoms with Crippen molar-refractivity contribution in [2.45, 2.75) is 40.2 Å². The number of hydrogen-bond donors (Lipinski definition) is 1. The number of aromatic nitrogens is 1. The molecule has 0 radical (unpaired) electrons. The van der Waals surface area contributed by atoms with E-state index in [1.54, 1.807) is 29.8 Å². The number of carbonyl (C=O) groups is 2. The maximum absolute atomic E-state index is 13.7. The van der Waals surface area contributed by atoms with Crippen LogP contribution < -0.4 is 10.7 Å². The predicted octanol–water partition coefficient (Wildman–Crippen LogP) is 3.27. The summed E-state index contributed by atoms with van der Waals surface area (Å²) in [5.41, 5.74) is -0.248. The Hall–Kier alpha value is -2.96. The van der Waals surface area contributed by atoms with Crippen LogP contribution in [0.2, 0.25) is 0 Å². The molecule has 1 aromatic heterocycles. The van der Waals surface area contributed by atoms with Gasteiger partial charge in [-0.2, -0.15) is 0 Å². The highest BCUT2D eigenvalue weighted by molar-refractivity contribution is 5.99. The maximum atomic E-state index is 13.7. The number of carbonyl (C=O) groups excluding carboxylic acids is 2. The van der Waals surface area contributed by atoms with Gasteiger partial charge in [0.1, 0.15) is 16.9 Å². The second-order valence-electron chi connectivity index (χ2n) is 8.13. The van der Waals surface area contributed by atoms with E-state index in [-0.39, 0.29) is 35.4 Å². The summed E-state index contributed by atoms with van der Waals surface area (Å²) in [6, 6.07) is 6.30. The van der Waals surface area contributed by atoms with Gasteiger partial charge in [-0.05, 0) is 37.8 Å². The minimum absolute atomic E-state index is 0.0337. The van der Waals surface area contributed by atoms with E-state index < -0.39 is 17.2 Å². The molecule has 1 N–H and O–H groups in total.